The van der Waals surface area contributed by atoms with E-state index in [1.54, 1.807) is 20.1 Å². The van der Waals surface area contributed by atoms with Gasteiger partial charge in [0.05, 0.1) is 7.11 Å². The molecule has 1 aliphatic rings. The van der Waals surface area contributed by atoms with Crippen molar-refractivity contribution < 1.29 is 9.13 Å². The number of halogens is 1. The Hall–Kier alpha value is -1.09. The Morgan fingerprint density at radius 1 is 1.35 bits per heavy atom. The van der Waals surface area contributed by atoms with Gasteiger partial charge in [0.25, 0.3) is 0 Å². The summed E-state index contributed by atoms with van der Waals surface area (Å²) in [6.45, 7) is 3.56. The van der Waals surface area contributed by atoms with Gasteiger partial charge < -0.3 is 10.5 Å². The molecular formula is C14H20FNO. The highest BCUT2D eigenvalue weighted by molar-refractivity contribution is 5.47. The summed E-state index contributed by atoms with van der Waals surface area (Å²) >= 11 is 0. The number of nitrogens with two attached hydrogens (primary N) is 1. The second-order valence-corrected chi connectivity index (χ2v) is 5.02. The number of rotatable bonds is 4. The zero-order valence-corrected chi connectivity index (χ0v) is 10.7. The van der Waals surface area contributed by atoms with Crippen LogP contribution in [0.3, 0.4) is 0 Å². The standard InChI is InChI=1S/C14H20FNO/c1-9(15)11-4-5-13(17-3)12(8-11)14(6-7-14)10(2)16/h4-5,8-10H,6-7,16H2,1-3H3. The minimum absolute atomic E-state index is 0.00373. The van der Waals surface area contributed by atoms with Crippen molar-refractivity contribution in [2.45, 2.75) is 44.3 Å². The summed E-state index contributed by atoms with van der Waals surface area (Å²) in [4.78, 5) is 0. The first-order chi connectivity index (χ1) is 8.01. The predicted molar refractivity (Wildman–Crippen MR) is 67.1 cm³/mol. The van der Waals surface area contributed by atoms with Crippen molar-refractivity contribution in [3.8, 4) is 5.75 Å². The predicted octanol–water partition coefficient (Wildman–Crippen LogP) is 3.10. The van der Waals surface area contributed by atoms with Crippen LogP contribution in [0.4, 0.5) is 4.39 Å². The quantitative estimate of drug-likeness (QED) is 0.873. The first-order valence-corrected chi connectivity index (χ1v) is 6.09. The maximum absolute atomic E-state index is 13.4. The van der Waals surface area contributed by atoms with Crippen LogP contribution >= 0.6 is 0 Å². The molecule has 2 unspecified atom stereocenters. The Morgan fingerprint density at radius 3 is 2.41 bits per heavy atom. The van der Waals surface area contributed by atoms with Crippen LogP contribution in [0.1, 0.15) is 44.0 Å². The molecule has 3 heteroatoms. The summed E-state index contributed by atoms with van der Waals surface area (Å²) < 4.78 is 18.8. The Balaban J connectivity index is 2.47. The van der Waals surface area contributed by atoms with E-state index in [1.807, 2.05) is 19.1 Å². The second kappa shape index (κ2) is 4.30. The summed E-state index contributed by atoms with van der Waals surface area (Å²) in [7, 11) is 1.65. The molecular weight excluding hydrogens is 217 g/mol. The fourth-order valence-corrected chi connectivity index (χ4v) is 2.47. The lowest BCUT2D eigenvalue weighted by Gasteiger charge is -2.23. The Kier molecular flexibility index (Phi) is 3.13. The Bertz CT molecular complexity index is 411. The van der Waals surface area contributed by atoms with Crippen LogP contribution in [-0.2, 0) is 5.41 Å². The molecule has 2 nitrogen and oxygen atoms in total. The molecule has 0 aromatic heterocycles. The summed E-state index contributed by atoms with van der Waals surface area (Å²) in [5.41, 5.74) is 7.83. The van der Waals surface area contributed by atoms with Gasteiger partial charge in [0.2, 0.25) is 0 Å². The van der Waals surface area contributed by atoms with Gasteiger partial charge in [-0.05, 0) is 44.4 Å². The molecule has 1 aliphatic carbocycles. The van der Waals surface area contributed by atoms with E-state index in [4.69, 9.17) is 10.5 Å². The molecule has 94 valence electrons. The van der Waals surface area contributed by atoms with E-state index in [9.17, 15) is 4.39 Å². The molecule has 2 N–H and O–H groups in total. The highest BCUT2D eigenvalue weighted by atomic mass is 19.1. The number of ether oxygens (including phenoxy) is 1. The lowest BCUT2D eigenvalue weighted by atomic mass is 9.87. The van der Waals surface area contributed by atoms with Gasteiger partial charge in [0, 0.05) is 17.0 Å². The first-order valence-electron chi connectivity index (χ1n) is 6.09. The molecule has 1 aromatic carbocycles. The molecule has 0 bridgehead atoms. The van der Waals surface area contributed by atoms with Gasteiger partial charge in [-0.1, -0.05) is 6.07 Å². The molecule has 0 spiro atoms. The molecule has 0 radical (unpaired) electrons. The van der Waals surface area contributed by atoms with Crippen LogP contribution in [0, 0.1) is 0 Å². The third-order valence-electron chi connectivity index (χ3n) is 3.88. The Labute approximate surface area is 102 Å². The van der Waals surface area contributed by atoms with Gasteiger partial charge in [-0.25, -0.2) is 4.39 Å². The molecule has 1 saturated carbocycles. The van der Waals surface area contributed by atoms with Crippen molar-refractivity contribution in [1.82, 2.24) is 0 Å². The minimum atomic E-state index is -0.955. The molecule has 0 amide bonds. The largest absolute Gasteiger partial charge is 0.496 e. The molecule has 1 fully saturated rings. The van der Waals surface area contributed by atoms with Gasteiger partial charge in [0.15, 0.2) is 0 Å². The average molecular weight is 237 g/mol. The van der Waals surface area contributed by atoms with E-state index in [-0.39, 0.29) is 11.5 Å². The summed E-state index contributed by atoms with van der Waals surface area (Å²) in [5.74, 6) is 0.823. The fraction of sp³-hybridized carbons (Fsp3) is 0.571. The van der Waals surface area contributed by atoms with Gasteiger partial charge in [-0.15, -0.1) is 0 Å². The number of hydrogen-bond donors (Lipinski definition) is 1. The summed E-state index contributed by atoms with van der Waals surface area (Å²) in [6.07, 6.45) is 1.17. The zero-order chi connectivity index (χ0) is 12.6. The van der Waals surface area contributed by atoms with E-state index >= 15 is 0 Å². The van der Waals surface area contributed by atoms with Crippen molar-refractivity contribution in [3.05, 3.63) is 29.3 Å². The third-order valence-corrected chi connectivity index (χ3v) is 3.88. The molecule has 17 heavy (non-hydrogen) atoms. The Morgan fingerprint density at radius 2 is 2.00 bits per heavy atom. The van der Waals surface area contributed by atoms with Gasteiger partial charge >= 0.3 is 0 Å². The molecule has 2 atom stereocenters. The monoisotopic (exact) mass is 237 g/mol. The number of hydrogen-bond acceptors (Lipinski definition) is 2. The fourth-order valence-electron chi connectivity index (χ4n) is 2.47. The lowest BCUT2D eigenvalue weighted by Crippen LogP contribution is -2.32. The van der Waals surface area contributed by atoms with E-state index in [0.29, 0.717) is 5.56 Å². The SMILES string of the molecule is COc1ccc(C(C)F)cc1C1(C(C)N)CC1. The van der Waals surface area contributed by atoms with E-state index in [0.717, 1.165) is 24.2 Å². The third kappa shape index (κ3) is 2.04. The molecule has 0 saturated heterocycles. The van der Waals surface area contributed by atoms with Crippen LogP contribution in [0.2, 0.25) is 0 Å². The highest BCUT2D eigenvalue weighted by Gasteiger charge is 2.49. The zero-order valence-electron chi connectivity index (χ0n) is 10.7. The molecule has 0 heterocycles. The number of methoxy groups -OCH3 is 1. The molecule has 2 rings (SSSR count). The van der Waals surface area contributed by atoms with Crippen LogP contribution in [0.25, 0.3) is 0 Å². The van der Waals surface area contributed by atoms with E-state index in [2.05, 4.69) is 0 Å². The topological polar surface area (TPSA) is 35.2 Å². The van der Waals surface area contributed by atoms with Crippen molar-refractivity contribution >= 4 is 0 Å². The number of alkyl halides is 1. The van der Waals surface area contributed by atoms with E-state index in [1.165, 1.54) is 0 Å². The second-order valence-electron chi connectivity index (χ2n) is 5.02. The maximum Gasteiger partial charge on any atom is 0.122 e. The van der Waals surface area contributed by atoms with Crippen LogP contribution in [-0.4, -0.2) is 13.2 Å². The molecule has 0 aliphatic heterocycles. The van der Waals surface area contributed by atoms with Crippen molar-refractivity contribution in [3.63, 3.8) is 0 Å². The van der Waals surface area contributed by atoms with Crippen LogP contribution in [0.15, 0.2) is 18.2 Å². The van der Waals surface area contributed by atoms with Crippen molar-refractivity contribution in [1.29, 1.82) is 0 Å². The van der Waals surface area contributed by atoms with Gasteiger partial charge in [-0.3, -0.25) is 0 Å². The van der Waals surface area contributed by atoms with Crippen LogP contribution in [0.5, 0.6) is 5.75 Å². The van der Waals surface area contributed by atoms with Gasteiger partial charge in [-0.2, -0.15) is 0 Å². The van der Waals surface area contributed by atoms with Crippen LogP contribution < -0.4 is 10.5 Å². The maximum atomic E-state index is 13.4. The smallest absolute Gasteiger partial charge is 0.122 e. The lowest BCUT2D eigenvalue weighted by molar-refractivity contribution is 0.370. The van der Waals surface area contributed by atoms with Crippen molar-refractivity contribution in [2.75, 3.05) is 7.11 Å². The van der Waals surface area contributed by atoms with E-state index < -0.39 is 6.17 Å². The average Bonchev–Trinajstić information content (AvgIpc) is 3.09. The first kappa shape index (κ1) is 12.4. The normalized spacial score (nSPS) is 20.8. The summed E-state index contributed by atoms with van der Waals surface area (Å²) in [6, 6.07) is 5.62. The molecule has 1 aromatic rings. The minimum Gasteiger partial charge on any atom is -0.496 e. The summed E-state index contributed by atoms with van der Waals surface area (Å²) in [5, 5.41) is 0. The number of benzene rings is 1. The highest BCUT2D eigenvalue weighted by Crippen LogP contribution is 2.53. The van der Waals surface area contributed by atoms with Gasteiger partial charge in [0.1, 0.15) is 11.9 Å². The van der Waals surface area contributed by atoms with Crippen molar-refractivity contribution in [2.24, 2.45) is 5.73 Å².